The first kappa shape index (κ1) is 13.7. The first-order valence-corrected chi connectivity index (χ1v) is 6.05. The Balaban J connectivity index is 2.46. The molecule has 1 aromatic rings. The Labute approximate surface area is 114 Å². The monoisotopic (exact) mass is 276 g/mol. The van der Waals surface area contributed by atoms with Crippen molar-refractivity contribution in [3.63, 3.8) is 0 Å². The predicted octanol–water partition coefficient (Wildman–Crippen LogP) is 1.67. The lowest BCUT2D eigenvalue weighted by Crippen LogP contribution is -2.44. The summed E-state index contributed by atoms with van der Waals surface area (Å²) in [6.45, 7) is 0. The smallest absolute Gasteiger partial charge is 0.329 e. The van der Waals surface area contributed by atoms with Crippen molar-refractivity contribution in [2.24, 2.45) is 0 Å². The van der Waals surface area contributed by atoms with E-state index < -0.39 is 22.1 Å². The zero-order chi connectivity index (χ0) is 14.8. The first-order chi connectivity index (χ1) is 9.50. The molecule has 2 rings (SSSR count). The van der Waals surface area contributed by atoms with Crippen LogP contribution in [0.1, 0.15) is 31.2 Å². The minimum absolute atomic E-state index is 0.147. The van der Waals surface area contributed by atoms with Crippen molar-refractivity contribution < 1.29 is 14.8 Å². The molecule has 0 aromatic carbocycles. The van der Waals surface area contributed by atoms with E-state index >= 15 is 0 Å². The highest BCUT2D eigenvalue weighted by atomic mass is 16.6. The molecule has 1 fully saturated rings. The molecule has 1 saturated carbocycles. The van der Waals surface area contributed by atoms with E-state index in [9.17, 15) is 20.0 Å². The van der Waals surface area contributed by atoms with Gasteiger partial charge in [0.15, 0.2) is 0 Å². The van der Waals surface area contributed by atoms with Crippen molar-refractivity contribution in [3.8, 4) is 6.07 Å². The molecule has 1 aromatic heterocycles. The molecule has 0 radical (unpaired) electrons. The molecule has 0 saturated heterocycles. The van der Waals surface area contributed by atoms with Gasteiger partial charge in [-0.05, 0) is 18.9 Å². The van der Waals surface area contributed by atoms with Crippen LogP contribution in [0.3, 0.4) is 0 Å². The molecule has 0 amide bonds. The van der Waals surface area contributed by atoms with Crippen LogP contribution in [-0.4, -0.2) is 26.5 Å². The van der Waals surface area contributed by atoms with Crippen LogP contribution in [0.5, 0.6) is 0 Å². The fraction of sp³-hybridized carbons (Fsp3) is 0.417. The van der Waals surface area contributed by atoms with Crippen LogP contribution >= 0.6 is 0 Å². The summed E-state index contributed by atoms with van der Waals surface area (Å²) in [4.78, 5) is 25.6. The van der Waals surface area contributed by atoms with E-state index in [1.54, 1.807) is 6.07 Å². The van der Waals surface area contributed by atoms with E-state index in [1.165, 1.54) is 12.3 Å². The Morgan fingerprint density at radius 1 is 1.55 bits per heavy atom. The minimum atomic E-state index is -1.24. The Bertz CT molecular complexity index is 602. The van der Waals surface area contributed by atoms with Crippen molar-refractivity contribution in [3.05, 3.63) is 27.9 Å². The van der Waals surface area contributed by atoms with Gasteiger partial charge in [0.1, 0.15) is 17.2 Å². The Kier molecular flexibility index (Phi) is 3.52. The van der Waals surface area contributed by atoms with Gasteiger partial charge in [0.2, 0.25) is 5.82 Å². The molecule has 2 N–H and O–H groups in total. The number of anilines is 1. The third-order valence-electron chi connectivity index (χ3n) is 3.45. The Morgan fingerprint density at radius 3 is 2.70 bits per heavy atom. The van der Waals surface area contributed by atoms with Gasteiger partial charge >= 0.3 is 11.7 Å². The summed E-state index contributed by atoms with van der Waals surface area (Å²) in [5.41, 5.74) is -1.88. The highest BCUT2D eigenvalue weighted by molar-refractivity contribution is 5.84. The molecule has 1 heterocycles. The molecule has 8 nitrogen and oxygen atoms in total. The third-order valence-corrected chi connectivity index (χ3v) is 3.45. The average molecular weight is 276 g/mol. The number of rotatable bonds is 4. The number of nitriles is 1. The summed E-state index contributed by atoms with van der Waals surface area (Å²) < 4.78 is 0. The normalized spacial score (nSPS) is 16.4. The largest absolute Gasteiger partial charge is 0.480 e. The van der Waals surface area contributed by atoms with E-state index in [1.807, 2.05) is 0 Å². The van der Waals surface area contributed by atoms with Gasteiger partial charge in [0.25, 0.3) is 0 Å². The summed E-state index contributed by atoms with van der Waals surface area (Å²) in [6, 6.07) is 2.94. The molecule has 0 bridgehead atoms. The second-order valence-electron chi connectivity index (χ2n) is 4.64. The molecule has 104 valence electrons. The predicted molar refractivity (Wildman–Crippen MR) is 68.1 cm³/mol. The van der Waals surface area contributed by atoms with Gasteiger partial charge in [-0.1, -0.05) is 12.8 Å². The van der Waals surface area contributed by atoms with Crippen molar-refractivity contribution in [1.82, 2.24) is 4.98 Å². The zero-order valence-corrected chi connectivity index (χ0v) is 10.5. The number of nitrogens with one attached hydrogen (secondary N) is 1. The van der Waals surface area contributed by atoms with Crippen LogP contribution < -0.4 is 5.32 Å². The van der Waals surface area contributed by atoms with E-state index in [-0.39, 0.29) is 11.4 Å². The number of carbonyl (C=O) groups is 1. The van der Waals surface area contributed by atoms with Crippen LogP contribution in [0.25, 0.3) is 0 Å². The van der Waals surface area contributed by atoms with Gasteiger partial charge in [-0.2, -0.15) is 5.26 Å². The summed E-state index contributed by atoms with van der Waals surface area (Å²) in [7, 11) is 0. The van der Waals surface area contributed by atoms with E-state index in [4.69, 9.17) is 5.26 Å². The lowest BCUT2D eigenvalue weighted by molar-refractivity contribution is -0.384. The van der Waals surface area contributed by atoms with Crippen LogP contribution in [0.4, 0.5) is 11.5 Å². The summed E-state index contributed by atoms with van der Waals surface area (Å²) >= 11 is 0. The maximum Gasteiger partial charge on any atom is 0.329 e. The quantitative estimate of drug-likeness (QED) is 0.631. The number of nitro groups is 1. The molecule has 0 aliphatic heterocycles. The van der Waals surface area contributed by atoms with Crippen molar-refractivity contribution in [1.29, 1.82) is 5.26 Å². The van der Waals surface area contributed by atoms with Gasteiger partial charge in [-0.25, -0.2) is 9.78 Å². The van der Waals surface area contributed by atoms with Gasteiger partial charge in [-0.3, -0.25) is 10.1 Å². The van der Waals surface area contributed by atoms with Crippen LogP contribution in [0, 0.1) is 21.4 Å². The number of carboxylic acids is 1. The summed E-state index contributed by atoms with van der Waals surface area (Å²) in [6.07, 6.45) is 3.45. The number of carboxylic acid groups (broad SMARTS) is 1. The van der Waals surface area contributed by atoms with Crippen molar-refractivity contribution in [2.45, 2.75) is 31.2 Å². The Hall–Kier alpha value is -2.69. The number of aromatic nitrogens is 1. The van der Waals surface area contributed by atoms with Crippen LogP contribution in [0.15, 0.2) is 12.3 Å². The van der Waals surface area contributed by atoms with Gasteiger partial charge < -0.3 is 10.4 Å². The standard InChI is InChI=1S/C12H12N4O4/c13-7-8-3-6-14-10(9(8)16(19)20)15-12(11(17)18)4-1-2-5-12/h3,6H,1-2,4-5H2,(H,14,15)(H,17,18). The molecule has 0 spiro atoms. The second kappa shape index (κ2) is 5.13. The highest BCUT2D eigenvalue weighted by Gasteiger charge is 2.43. The number of nitrogens with zero attached hydrogens (tertiary/aromatic N) is 3. The SMILES string of the molecule is N#Cc1ccnc(NC2(C(=O)O)CCCC2)c1[N+](=O)[O-]. The molecular weight excluding hydrogens is 264 g/mol. The van der Waals surface area contributed by atoms with Gasteiger partial charge in [0, 0.05) is 6.20 Å². The van der Waals surface area contributed by atoms with Crippen LogP contribution in [-0.2, 0) is 4.79 Å². The molecule has 1 aliphatic rings. The second-order valence-corrected chi connectivity index (χ2v) is 4.64. The molecule has 20 heavy (non-hydrogen) atoms. The van der Waals surface area contributed by atoms with Gasteiger partial charge in [0.05, 0.1) is 4.92 Å². The van der Waals surface area contributed by atoms with E-state index in [0.29, 0.717) is 12.8 Å². The van der Waals surface area contributed by atoms with Gasteiger partial charge in [-0.15, -0.1) is 0 Å². The van der Waals surface area contributed by atoms with Crippen LogP contribution in [0.2, 0.25) is 0 Å². The highest BCUT2D eigenvalue weighted by Crippen LogP contribution is 2.36. The molecule has 0 unspecified atom stereocenters. The van der Waals surface area contributed by atoms with E-state index in [2.05, 4.69) is 10.3 Å². The average Bonchev–Trinajstić information content (AvgIpc) is 2.88. The fourth-order valence-corrected chi connectivity index (χ4v) is 2.42. The fourth-order valence-electron chi connectivity index (χ4n) is 2.42. The first-order valence-electron chi connectivity index (χ1n) is 6.05. The minimum Gasteiger partial charge on any atom is -0.480 e. The molecule has 0 atom stereocenters. The lowest BCUT2D eigenvalue weighted by atomic mass is 9.97. The number of hydrogen-bond donors (Lipinski definition) is 2. The van der Waals surface area contributed by atoms with Crippen molar-refractivity contribution in [2.75, 3.05) is 5.32 Å². The number of pyridine rings is 1. The molecule has 8 heteroatoms. The Morgan fingerprint density at radius 2 is 2.20 bits per heavy atom. The number of hydrogen-bond acceptors (Lipinski definition) is 6. The topological polar surface area (TPSA) is 129 Å². The lowest BCUT2D eigenvalue weighted by Gasteiger charge is -2.25. The van der Waals surface area contributed by atoms with E-state index in [0.717, 1.165) is 12.8 Å². The summed E-state index contributed by atoms with van der Waals surface area (Å²) in [5.74, 6) is -1.23. The maximum absolute atomic E-state index is 11.4. The van der Waals surface area contributed by atoms with Crippen molar-refractivity contribution >= 4 is 17.5 Å². The third kappa shape index (κ3) is 2.25. The molecular formula is C12H12N4O4. The molecule has 1 aliphatic carbocycles. The summed E-state index contributed by atoms with van der Waals surface area (Å²) in [5, 5.41) is 32.0. The number of aliphatic carboxylic acids is 1. The zero-order valence-electron chi connectivity index (χ0n) is 10.5. The maximum atomic E-state index is 11.4.